The van der Waals surface area contributed by atoms with Crippen molar-refractivity contribution < 1.29 is 14.7 Å². The minimum absolute atomic E-state index is 0.183. The van der Waals surface area contributed by atoms with Crippen LogP contribution in [0.1, 0.15) is 29.2 Å². The molecule has 2 aromatic rings. The lowest BCUT2D eigenvalue weighted by Crippen LogP contribution is -2.52. The first-order valence-electron chi connectivity index (χ1n) is 10.1. The van der Waals surface area contributed by atoms with Gasteiger partial charge in [-0.15, -0.1) is 0 Å². The number of hydrogen-bond donors (Lipinski definition) is 5. The minimum atomic E-state index is -0.803. The van der Waals surface area contributed by atoms with Crippen LogP contribution in [-0.4, -0.2) is 41.6 Å². The number of benzene rings is 2. The molecule has 0 spiro atoms. The van der Waals surface area contributed by atoms with Crippen molar-refractivity contribution in [3.05, 3.63) is 64.7 Å². The van der Waals surface area contributed by atoms with Crippen molar-refractivity contribution in [2.24, 2.45) is 11.5 Å². The number of phenols is 1. The number of carbonyl (C=O) groups is 2. The summed E-state index contributed by atoms with van der Waals surface area (Å²) in [7, 11) is 0. The van der Waals surface area contributed by atoms with Crippen LogP contribution in [-0.2, 0) is 22.4 Å². The van der Waals surface area contributed by atoms with Crippen molar-refractivity contribution in [3.63, 3.8) is 0 Å². The molecule has 0 aliphatic heterocycles. The second-order valence-electron chi connectivity index (χ2n) is 7.79. The van der Waals surface area contributed by atoms with Gasteiger partial charge in [-0.25, -0.2) is 0 Å². The molecule has 0 fully saturated rings. The van der Waals surface area contributed by atoms with Gasteiger partial charge < -0.3 is 27.2 Å². The molecule has 2 amide bonds. The van der Waals surface area contributed by atoms with Gasteiger partial charge in [0.15, 0.2) is 0 Å². The number of aryl methyl sites for hydroxylation is 2. The fourth-order valence-electron chi connectivity index (χ4n) is 3.36. The van der Waals surface area contributed by atoms with E-state index < -0.39 is 18.0 Å². The zero-order valence-electron chi connectivity index (χ0n) is 17.8. The lowest BCUT2D eigenvalue weighted by molar-refractivity contribution is -0.129. The predicted molar refractivity (Wildman–Crippen MR) is 118 cm³/mol. The van der Waals surface area contributed by atoms with Gasteiger partial charge in [0, 0.05) is 12.6 Å². The minimum Gasteiger partial charge on any atom is -0.508 e. The lowest BCUT2D eigenvalue weighted by Gasteiger charge is -2.20. The molecule has 7 heteroatoms. The Morgan fingerprint density at radius 1 is 1.00 bits per heavy atom. The number of aromatic hydroxyl groups is 1. The van der Waals surface area contributed by atoms with Crippen LogP contribution in [0.2, 0.25) is 0 Å². The highest BCUT2D eigenvalue weighted by Gasteiger charge is 2.22. The Morgan fingerprint density at radius 2 is 1.60 bits per heavy atom. The van der Waals surface area contributed by atoms with Gasteiger partial charge in [-0.2, -0.15) is 0 Å². The largest absolute Gasteiger partial charge is 0.508 e. The maximum absolute atomic E-state index is 12.4. The zero-order valence-corrected chi connectivity index (χ0v) is 17.8. The number of phenolic OH excluding ortho intramolecular Hbond substituents is 1. The van der Waals surface area contributed by atoms with E-state index >= 15 is 0 Å². The van der Waals surface area contributed by atoms with E-state index in [9.17, 15) is 14.7 Å². The molecular formula is C23H32N4O3. The molecular weight excluding hydrogens is 380 g/mol. The molecule has 0 saturated heterocycles. The maximum atomic E-state index is 12.4. The van der Waals surface area contributed by atoms with E-state index in [-0.39, 0.29) is 17.7 Å². The molecule has 0 saturated carbocycles. The van der Waals surface area contributed by atoms with Gasteiger partial charge in [0.05, 0.1) is 6.04 Å². The Morgan fingerprint density at radius 3 is 2.20 bits per heavy atom. The fourth-order valence-corrected chi connectivity index (χ4v) is 3.36. The summed E-state index contributed by atoms with van der Waals surface area (Å²) in [6.07, 6.45) is 0.970. The Balaban J connectivity index is 1.82. The highest BCUT2D eigenvalue weighted by molar-refractivity contribution is 5.89. The summed E-state index contributed by atoms with van der Waals surface area (Å²) in [6.45, 7) is 5.65. The molecule has 0 heterocycles. The van der Waals surface area contributed by atoms with Crippen LogP contribution in [0.25, 0.3) is 0 Å². The third kappa shape index (κ3) is 6.86. The third-order valence-electron chi connectivity index (χ3n) is 5.07. The van der Waals surface area contributed by atoms with Gasteiger partial charge in [0.25, 0.3) is 0 Å². The summed E-state index contributed by atoms with van der Waals surface area (Å²) in [4.78, 5) is 24.8. The van der Waals surface area contributed by atoms with Crippen molar-refractivity contribution in [2.45, 2.75) is 51.7 Å². The van der Waals surface area contributed by atoms with Crippen molar-refractivity contribution in [1.82, 2.24) is 10.6 Å². The number of amides is 2. The second kappa shape index (κ2) is 10.8. The SMILES string of the molecule is Cc1cc(O)cc(C)c1C[C@H](N)C(=O)N[C@H](C)C(=O)NC[C@H](N)Cc1ccccc1. The Bertz CT molecular complexity index is 847. The monoisotopic (exact) mass is 412 g/mol. The second-order valence-corrected chi connectivity index (χ2v) is 7.79. The van der Waals surface area contributed by atoms with Crippen molar-refractivity contribution in [3.8, 4) is 5.75 Å². The molecule has 2 rings (SSSR count). The first kappa shape index (κ1) is 23.4. The maximum Gasteiger partial charge on any atom is 0.242 e. The quantitative estimate of drug-likeness (QED) is 0.421. The normalized spacial score (nSPS) is 13.9. The van der Waals surface area contributed by atoms with E-state index in [2.05, 4.69) is 10.6 Å². The summed E-state index contributed by atoms with van der Waals surface area (Å²) in [5.41, 5.74) is 15.9. The first-order valence-corrected chi connectivity index (χ1v) is 10.1. The van der Waals surface area contributed by atoms with E-state index in [1.54, 1.807) is 19.1 Å². The number of carbonyl (C=O) groups excluding carboxylic acids is 2. The van der Waals surface area contributed by atoms with E-state index in [0.717, 1.165) is 22.3 Å². The first-order chi connectivity index (χ1) is 14.2. The van der Waals surface area contributed by atoms with Crippen LogP contribution in [0, 0.1) is 13.8 Å². The molecule has 30 heavy (non-hydrogen) atoms. The van der Waals surface area contributed by atoms with Crippen LogP contribution in [0.15, 0.2) is 42.5 Å². The molecule has 0 aliphatic rings. The van der Waals surface area contributed by atoms with E-state index in [1.807, 2.05) is 44.2 Å². The van der Waals surface area contributed by atoms with Gasteiger partial charge >= 0.3 is 0 Å². The van der Waals surface area contributed by atoms with Gasteiger partial charge in [0.1, 0.15) is 11.8 Å². The summed E-state index contributed by atoms with van der Waals surface area (Å²) in [5, 5.41) is 15.1. The van der Waals surface area contributed by atoms with Crippen LogP contribution in [0.5, 0.6) is 5.75 Å². The lowest BCUT2D eigenvalue weighted by atomic mass is 9.96. The van der Waals surface area contributed by atoms with Crippen molar-refractivity contribution in [1.29, 1.82) is 0 Å². The number of nitrogens with two attached hydrogens (primary N) is 2. The average Bonchev–Trinajstić information content (AvgIpc) is 2.69. The Kier molecular flexibility index (Phi) is 8.38. The van der Waals surface area contributed by atoms with Gasteiger partial charge in [-0.3, -0.25) is 9.59 Å². The molecule has 2 aromatic carbocycles. The van der Waals surface area contributed by atoms with Gasteiger partial charge in [-0.05, 0) is 68.0 Å². The standard InChI is InChI=1S/C23H32N4O3/c1-14-9-19(28)10-15(2)20(14)12-21(25)23(30)27-16(3)22(29)26-13-18(24)11-17-7-5-4-6-8-17/h4-10,16,18,21,28H,11-13,24-25H2,1-3H3,(H,26,29)(H,27,30)/t16-,18-,21+/m1/s1. The zero-order chi connectivity index (χ0) is 22.3. The third-order valence-corrected chi connectivity index (χ3v) is 5.07. The molecule has 162 valence electrons. The molecule has 0 bridgehead atoms. The van der Waals surface area contributed by atoms with E-state index in [0.29, 0.717) is 19.4 Å². The fraction of sp³-hybridized carbons (Fsp3) is 0.391. The highest BCUT2D eigenvalue weighted by atomic mass is 16.3. The predicted octanol–water partition coefficient (Wildman–Crippen LogP) is 1.07. The molecule has 0 unspecified atom stereocenters. The molecule has 0 radical (unpaired) electrons. The topological polar surface area (TPSA) is 130 Å². The van der Waals surface area contributed by atoms with Crippen molar-refractivity contribution in [2.75, 3.05) is 6.54 Å². The Hall–Kier alpha value is -2.90. The molecule has 3 atom stereocenters. The van der Waals surface area contributed by atoms with Crippen LogP contribution < -0.4 is 22.1 Å². The Labute approximate surface area is 177 Å². The summed E-state index contributed by atoms with van der Waals surface area (Å²) in [6, 6.07) is 11.3. The van der Waals surface area contributed by atoms with Crippen LogP contribution >= 0.6 is 0 Å². The molecule has 0 aromatic heterocycles. The summed E-state index contributed by atoms with van der Waals surface area (Å²) < 4.78 is 0. The number of rotatable bonds is 9. The van der Waals surface area contributed by atoms with E-state index in [4.69, 9.17) is 11.5 Å². The summed E-state index contributed by atoms with van der Waals surface area (Å²) >= 11 is 0. The van der Waals surface area contributed by atoms with E-state index in [1.165, 1.54) is 0 Å². The van der Waals surface area contributed by atoms with Gasteiger partial charge in [0.2, 0.25) is 11.8 Å². The number of nitrogens with one attached hydrogen (secondary N) is 2. The highest BCUT2D eigenvalue weighted by Crippen LogP contribution is 2.21. The van der Waals surface area contributed by atoms with Crippen molar-refractivity contribution >= 4 is 11.8 Å². The molecule has 7 N–H and O–H groups in total. The summed E-state index contributed by atoms with van der Waals surface area (Å²) in [5.74, 6) is -0.531. The molecule has 7 nitrogen and oxygen atoms in total. The number of hydrogen-bond acceptors (Lipinski definition) is 5. The molecule has 0 aliphatic carbocycles. The smallest absolute Gasteiger partial charge is 0.242 e. The average molecular weight is 413 g/mol. The van der Waals surface area contributed by atoms with Crippen LogP contribution in [0.4, 0.5) is 0 Å². The van der Waals surface area contributed by atoms with Gasteiger partial charge in [-0.1, -0.05) is 30.3 Å². The van der Waals surface area contributed by atoms with Crippen LogP contribution in [0.3, 0.4) is 0 Å².